The Morgan fingerprint density at radius 2 is 1.58 bits per heavy atom. The Labute approximate surface area is 152 Å². The van der Waals surface area contributed by atoms with Crippen LogP contribution in [0, 0.1) is 0 Å². The van der Waals surface area contributed by atoms with E-state index in [4.69, 9.17) is 12.2 Å². The number of carbonyl (C=O) groups excluding carboxylic acids is 1. The van der Waals surface area contributed by atoms with Gasteiger partial charge in [0.05, 0.1) is 0 Å². The second-order valence-electron chi connectivity index (χ2n) is 5.72. The second-order valence-corrected chi connectivity index (χ2v) is 7.46. The van der Waals surface area contributed by atoms with Gasteiger partial charge < -0.3 is 10.2 Å². The van der Waals surface area contributed by atoms with Gasteiger partial charge in [-0.05, 0) is 30.5 Å². The highest BCUT2D eigenvalue weighted by molar-refractivity contribution is 8.23. The summed E-state index contributed by atoms with van der Waals surface area (Å²) in [5.41, 5.74) is 1.77. The lowest BCUT2D eigenvalue weighted by Crippen LogP contribution is -2.27. The number of anilines is 1. The Bertz CT molecular complexity index is 685. The minimum absolute atomic E-state index is 0.0426. The number of benzene rings is 2. The van der Waals surface area contributed by atoms with Gasteiger partial charge >= 0.3 is 0 Å². The van der Waals surface area contributed by atoms with Crippen molar-refractivity contribution in [2.75, 3.05) is 18.4 Å². The largest absolute Gasteiger partial charge is 0.357 e. The highest BCUT2D eigenvalue weighted by atomic mass is 32.2. The number of hydrogen-bond donors (Lipinski definition) is 1. The predicted octanol–water partition coefficient (Wildman–Crippen LogP) is 4.48. The van der Waals surface area contributed by atoms with E-state index in [-0.39, 0.29) is 11.2 Å². The lowest BCUT2D eigenvalue weighted by molar-refractivity contribution is -0.115. The molecular weight excluding hydrogens is 336 g/mol. The topological polar surface area (TPSA) is 32.3 Å². The van der Waals surface area contributed by atoms with E-state index in [0.717, 1.165) is 28.7 Å². The maximum Gasteiger partial charge on any atom is 0.242 e. The van der Waals surface area contributed by atoms with Crippen molar-refractivity contribution in [2.24, 2.45) is 0 Å². The Morgan fingerprint density at radius 1 is 1.00 bits per heavy atom. The van der Waals surface area contributed by atoms with E-state index in [1.54, 1.807) is 0 Å². The fourth-order valence-corrected chi connectivity index (χ4v) is 4.17. The van der Waals surface area contributed by atoms with E-state index >= 15 is 0 Å². The lowest BCUT2D eigenvalue weighted by Gasteiger charge is -2.22. The highest BCUT2D eigenvalue weighted by Crippen LogP contribution is 2.33. The smallest absolute Gasteiger partial charge is 0.242 e. The van der Waals surface area contributed by atoms with Crippen LogP contribution < -0.4 is 5.32 Å². The zero-order valence-electron chi connectivity index (χ0n) is 13.4. The molecule has 1 heterocycles. The molecule has 2 aromatic carbocycles. The third-order valence-corrected chi connectivity index (χ3v) is 5.69. The Balaban J connectivity index is 1.76. The number of likely N-dealkylation sites (tertiary alicyclic amines) is 1. The van der Waals surface area contributed by atoms with Crippen LogP contribution in [-0.4, -0.2) is 28.2 Å². The monoisotopic (exact) mass is 356 g/mol. The first-order chi connectivity index (χ1) is 11.7. The first-order valence-corrected chi connectivity index (χ1v) is 9.39. The summed E-state index contributed by atoms with van der Waals surface area (Å²) in [4.78, 5) is 15.1. The summed E-state index contributed by atoms with van der Waals surface area (Å²) >= 11 is 7.05. The number of nitrogens with one attached hydrogen (secondary N) is 1. The zero-order chi connectivity index (χ0) is 16.8. The molecule has 3 rings (SSSR count). The van der Waals surface area contributed by atoms with Crippen molar-refractivity contribution >= 4 is 39.9 Å². The molecule has 124 valence electrons. The van der Waals surface area contributed by atoms with Crippen molar-refractivity contribution in [3.05, 3.63) is 66.2 Å². The molecule has 1 saturated heterocycles. The number of carbonyl (C=O) groups is 1. The lowest BCUT2D eigenvalue weighted by atomic mass is 10.1. The molecule has 1 amide bonds. The summed E-state index contributed by atoms with van der Waals surface area (Å²) in [5.74, 6) is -0.0426. The average Bonchev–Trinajstić information content (AvgIpc) is 3.16. The van der Waals surface area contributed by atoms with Gasteiger partial charge in [0, 0.05) is 18.8 Å². The van der Waals surface area contributed by atoms with Gasteiger partial charge in [-0.2, -0.15) is 0 Å². The van der Waals surface area contributed by atoms with Crippen LogP contribution in [0.5, 0.6) is 0 Å². The Hall–Kier alpha value is -1.85. The number of rotatable bonds is 4. The van der Waals surface area contributed by atoms with E-state index < -0.39 is 0 Å². The third-order valence-electron chi connectivity index (χ3n) is 3.96. The van der Waals surface area contributed by atoms with Crippen LogP contribution in [0.4, 0.5) is 5.69 Å². The van der Waals surface area contributed by atoms with Crippen LogP contribution in [0.2, 0.25) is 0 Å². The molecule has 0 aromatic heterocycles. The number of thioether (sulfide) groups is 1. The van der Waals surface area contributed by atoms with E-state index in [2.05, 4.69) is 10.2 Å². The molecule has 0 spiro atoms. The first kappa shape index (κ1) is 17.0. The van der Waals surface area contributed by atoms with Gasteiger partial charge in [0.2, 0.25) is 5.91 Å². The quantitative estimate of drug-likeness (QED) is 0.819. The van der Waals surface area contributed by atoms with Gasteiger partial charge in [0.1, 0.15) is 9.57 Å². The molecule has 2 aromatic rings. The second kappa shape index (κ2) is 8.31. The minimum Gasteiger partial charge on any atom is -0.357 e. The highest BCUT2D eigenvalue weighted by Gasteiger charge is 2.26. The van der Waals surface area contributed by atoms with Gasteiger partial charge in [0.25, 0.3) is 0 Å². The van der Waals surface area contributed by atoms with Crippen LogP contribution in [-0.2, 0) is 4.79 Å². The average molecular weight is 357 g/mol. The maximum absolute atomic E-state index is 12.9. The minimum atomic E-state index is -0.348. The molecule has 24 heavy (non-hydrogen) atoms. The molecule has 1 atom stereocenters. The van der Waals surface area contributed by atoms with E-state index in [1.165, 1.54) is 24.6 Å². The molecule has 1 N–H and O–H groups in total. The number of thiocarbonyl (C=S) groups is 1. The molecule has 1 aliphatic rings. The number of amides is 1. The van der Waals surface area contributed by atoms with Crippen LogP contribution >= 0.6 is 24.0 Å². The number of hydrogen-bond acceptors (Lipinski definition) is 3. The predicted molar refractivity (Wildman–Crippen MR) is 105 cm³/mol. The van der Waals surface area contributed by atoms with E-state index in [1.807, 2.05) is 60.7 Å². The summed E-state index contributed by atoms with van der Waals surface area (Å²) in [7, 11) is 0. The van der Waals surface area contributed by atoms with Gasteiger partial charge in [-0.25, -0.2) is 0 Å². The van der Waals surface area contributed by atoms with Crippen molar-refractivity contribution in [1.29, 1.82) is 0 Å². The van der Waals surface area contributed by atoms with Gasteiger partial charge in [-0.1, -0.05) is 72.5 Å². The molecule has 1 fully saturated rings. The number of para-hydroxylation sites is 1. The third kappa shape index (κ3) is 4.36. The SMILES string of the molecule is O=C(Nc1ccccc1)C(SC(=S)N1CCCC1)c1ccccc1. The molecular formula is C19H20N2OS2. The fraction of sp³-hybridized carbons (Fsp3) is 0.263. The molecule has 0 aliphatic carbocycles. The van der Waals surface area contributed by atoms with Crippen LogP contribution in [0.25, 0.3) is 0 Å². The fourth-order valence-electron chi connectivity index (χ4n) is 2.71. The maximum atomic E-state index is 12.9. The molecule has 5 heteroatoms. The summed E-state index contributed by atoms with van der Waals surface area (Å²) in [6, 6.07) is 19.4. The van der Waals surface area contributed by atoms with Crippen LogP contribution in [0.1, 0.15) is 23.7 Å². The summed E-state index contributed by atoms with van der Waals surface area (Å²) in [6.07, 6.45) is 2.35. The normalized spacial score (nSPS) is 15.1. The molecule has 3 nitrogen and oxygen atoms in total. The van der Waals surface area contributed by atoms with Crippen molar-refractivity contribution < 1.29 is 4.79 Å². The van der Waals surface area contributed by atoms with Gasteiger partial charge in [0.15, 0.2) is 0 Å². The Kier molecular flexibility index (Phi) is 5.88. The van der Waals surface area contributed by atoms with Crippen molar-refractivity contribution in [1.82, 2.24) is 4.90 Å². The zero-order valence-corrected chi connectivity index (χ0v) is 15.0. The molecule has 1 unspecified atom stereocenters. The van der Waals surface area contributed by atoms with Gasteiger partial charge in [-0.3, -0.25) is 4.79 Å². The number of nitrogens with zero attached hydrogens (tertiary/aromatic N) is 1. The molecule has 0 bridgehead atoms. The standard InChI is InChI=1S/C19H20N2OS2/c22-18(20-16-11-5-2-6-12-16)17(15-9-3-1-4-10-15)24-19(23)21-13-7-8-14-21/h1-6,9-12,17H,7-8,13-14H2,(H,20,22). The Morgan fingerprint density at radius 3 is 2.21 bits per heavy atom. The van der Waals surface area contributed by atoms with E-state index in [0.29, 0.717) is 0 Å². The molecule has 0 saturated carbocycles. The summed E-state index contributed by atoms with van der Waals surface area (Å²) in [5, 5.41) is 2.65. The molecule has 1 aliphatic heterocycles. The molecule has 0 radical (unpaired) electrons. The van der Waals surface area contributed by atoms with E-state index in [9.17, 15) is 4.79 Å². The van der Waals surface area contributed by atoms with Crippen LogP contribution in [0.15, 0.2) is 60.7 Å². The van der Waals surface area contributed by atoms with Crippen LogP contribution in [0.3, 0.4) is 0 Å². The summed E-state index contributed by atoms with van der Waals surface area (Å²) < 4.78 is 0.810. The van der Waals surface area contributed by atoms with Crippen molar-refractivity contribution in [3.63, 3.8) is 0 Å². The summed E-state index contributed by atoms with van der Waals surface area (Å²) in [6.45, 7) is 1.99. The first-order valence-electron chi connectivity index (χ1n) is 8.10. The van der Waals surface area contributed by atoms with Crippen molar-refractivity contribution in [2.45, 2.75) is 18.1 Å². The van der Waals surface area contributed by atoms with Gasteiger partial charge in [-0.15, -0.1) is 0 Å². The van der Waals surface area contributed by atoms with Crippen molar-refractivity contribution in [3.8, 4) is 0 Å².